The van der Waals surface area contributed by atoms with Crippen LogP contribution in [0.2, 0.25) is 0 Å². The molecule has 1 aliphatic rings. The lowest BCUT2D eigenvalue weighted by molar-refractivity contribution is -0.139. The second-order valence-corrected chi connectivity index (χ2v) is 6.40. The van der Waals surface area contributed by atoms with E-state index in [0.29, 0.717) is 41.9 Å². The van der Waals surface area contributed by atoms with E-state index in [1.165, 1.54) is 6.33 Å². The topological polar surface area (TPSA) is 87.5 Å². The lowest BCUT2D eigenvalue weighted by Gasteiger charge is -2.29. The fourth-order valence-electron chi connectivity index (χ4n) is 3.24. The first-order valence-corrected chi connectivity index (χ1v) is 9.46. The number of anilines is 1. The molecular weight excluding hydrogens is 360 g/mol. The standard InChI is InChI=1S/C20H26N4O4/c1-5-7-11-28-19(25)16-13(3)23-20-21-12-22-24(20)17(16)14-9-8-10-15(26-4)18(14)27-6-2/h8-10,12,17H,5-7,11H2,1-4H3,(H,21,22,23). The third kappa shape index (κ3) is 3.67. The van der Waals surface area contributed by atoms with Crippen molar-refractivity contribution in [3.05, 3.63) is 41.4 Å². The Morgan fingerprint density at radius 3 is 2.86 bits per heavy atom. The van der Waals surface area contributed by atoms with Crippen molar-refractivity contribution in [2.75, 3.05) is 25.6 Å². The molecule has 1 aromatic carbocycles. The molecule has 2 heterocycles. The molecule has 150 valence electrons. The van der Waals surface area contributed by atoms with Gasteiger partial charge in [0.25, 0.3) is 0 Å². The number of carbonyl (C=O) groups is 1. The quantitative estimate of drug-likeness (QED) is 0.550. The second-order valence-electron chi connectivity index (χ2n) is 6.40. The zero-order valence-electron chi connectivity index (χ0n) is 16.7. The van der Waals surface area contributed by atoms with Crippen molar-refractivity contribution >= 4 is 11.9 Å². The van der Waals surface area contributed by atoms with Gasteiger partial charge < -0.3 is 19.5 Å². The molecule has 28 heavy (non-hydrogen) atoms. The number of unbranched alkanes of at least 4 members (excludes halogenated alkanes) is 1. The van der Waals surface area contributed by atoms with Gasteiger partial charge in [0.2, 0.25) is 5.95 Å². The first-order valence-electron chi connectivity index (χ1n) is 9.46. The summed E-state index contributed by atoms with van der Waals surface area (Å²) in [5.41, 5.74) is 1.91. The molecule has 0 radical (unpaired) electrons. The summed E-state index contributed by atoms with van der Waals surface area (Å²) >= 11 is 0. The van der Waals surface area contributed by atoms with Crippen LogP contribution in [-0.2, 0) is 9.53 Å². The minimum atomic E-state index is -0.537. The molecule has 0 spiro atoms. The first-order chi connectivity index (χ1) is 13.6. The van der Waals surface area contributed by atoms with Gasteiger partial charge in [0, 0.05) is 11.3 Å². The Hall–Kier alpha value is -3.03. The van der Waals surface area contributed by atoms with Crippen LogP contribution in [0.4, 0.5) is 5.95 Å². The molecule has 0 saturated carbocycles. The van der Waals surface area contributed by atoms with Gasteiger partial charge in [-0.2, -0.15) is 10.1 Å². The number of nitrogens with one attached hydrogen (secondary N) is 1. The molecule has 1 atom stereocenters. The van der Waals surface area contributed by atoms with Gasteiger partial charge in [0.15, 0.2) is 11.5 Å². The Morgan fingerprint density at radius 2 is 2.14 bits per heavy atom. The molecule has 0 bridgehead atoms. The number of ether oxygens (including phenoxy) is 3. The molecule has 0 saturated heterocycles. The highest BCUT2D eigenvalue weighted by Gasteiger charge is 2.36. The van der Waals surface area contributed by atoms with Crippen molar-refractivity contribution in [2.24, 2.45) is 0 Å². The van der Waals surface area contributed by atoms with E-state index in [1.807, 2.05) is 32.0 Å². The average Bonchev–Trinajstić information content (AvgIpc) is 3.15. The summed E-state index contributed by atoms with van der Waals surface area (Å²) in [7, 11) is 1.59. The fourth-order valence-corrected chi connectivity index (χ4v) is 3.24. The number of rotatable bonds is 8. The number of esters is 1. The van der Waals surface area contributed by atoms with Crippen molar-refractivity contribution in [3.63, 3.8) is 0 Å². The predicted molar refractivity (Wildman–Crippen MR) is 105 cm³/mol. The van der Waals surface area contributed by atoms with Crippen LogP contribution < -0.4 is 14.8 Å². The van der Waals surface area contributed by atoms with Gasteiger partial charge in [-0.15, -0.1) is 0 Å². The average molecular weight is 386 g/mol. The number of hydrogen-bond donors (Lipinski definition) is 1. The van der Waals surface area contributed by atoms with E-state index < -0.39 is 6.04 Å². The Kier molecular flexibility index (Phi) is 6.18. The number of carbonyl (C=O) groups excluding carboxylic acids is 1. The summed E-state index contributed by atoms with van der Waals surface area (Å²) in [5, 5.41) is 7.48. The summed E-state index contributed by atoms with van der Waals surface area (Å²) in [6.45, 7) is 6.62. The maximum absolute atomic E-state index is 13.0. The molecule has 0 aliphatic carbocycles. The van der Waals surface area contributed by atoms with Gasteiger partial charge in [-0.05, 0) is 26.3 Å². The van der Waals surface area contributed by atoms with Gasteiger partial charge in [0.05, 0.1) is 25.9 Å². The molecule has 1 N–H and O–H groups in total. The van der Waals surface area contributed by atoms with Crippen LogP contribution in [0.25, 0.3) is 0 Å². The SMILES string of the molecule is CCCCOC(=O)C1=C(C)Nc2ncnn2C1c1cccc(OC)c1OCC. The van der Waals surface area contributed by atoms with E-state index >= 15 is 0 Å². The lowest BCUT2D eigenvalue weighted by atomic mass is 9.94. The largest absolute Gasteiger partial charge is 0.493 e. The van der Waals surface area contributed by atoms with Crippen molar-refractivity contribution in [3.8, 4) is 11.5 Å². The number of nitrogens with zero attached hydrogens (tertiary/aromatic N) is 3. The number of aromatic nitrogens is 3. The van der Waals surface area contributed by atoms with Crippen molar-refractivity contribution in [1.82, 2.24) is 14.8 Å². The first kappa shape index (κ1) is 19.7. The normalized spacial score (nSPS) is 15.6. The Morgan fingerprint density at radius 1 is 1.32 bits per heavy atom. The molecule has 2 aromatic rings. The van der Waals surface area contributed by atoms with Crippen LogP contribution >= 0.6 is 0 Å². The number of hydrogen-bond acceptors (Lipinski definition) is 7. The zero-order chi connectivity index (χ0) is 20.1. The number of para-hydroxylation sites is 1. The van der Waals surface area contributed by atoms with Crippen LogP contribution in [0.5, 0.6) is 11.5 Å². The van der Waals surface area contributed by atoms with E-state index in [-0.39, 0.29) is 5.97 Å². The summed E-state index contributed by atoms with van der Waals surface area (Å²) in [5.74, 6) is 1.34. The van der Waals surface area contributed by atoms with E-state index in [2.05, 4.69) is 22.3 Å². The number of allylic oxidation sites excluding steroid dienone is 1. The van der Waals surface area contributed by atoms with Gasteiger partial charge in [-0.3, -0.25) is 0 Å². The van der Waals surface area contributed by atoms with E-state index in [1.54, 1.807) is 11.8 Å². The summed E-state index contributed by atoms with van der Waals surface area (Å²) < 4.78 is 18.6. The molecule has 8 heteroatoms. The second kappa shape index (κ2) is 8.77. The highest BCUT2D eigenvalue weighted by atomic mass is 16.5. The third-order valence-electron chi connectivity index (χ3n) is 4.56. The predicted octanol–water partition coefficient (Wildman–Crippen LogP) is 3.32. The highest BCUT2D eigenvalue weighted by molar-refractivity contribution is 5.92. The number of benzene rings is 1. The minimum Gasteiger partial charge on any atom is -0.493 e. The van der Waals surface area contributed by atoms with Crippen molar-refractivity contribution in [1.29, 1.82) is 0 Å². The molecule has 8 nitrogen and oxygen atoms in total. The van der Waals surface area contributed by atoms with Crippen molar-refractivity contribution < 1.29 is 19.0 Å². The van der Waals surface area contributed by atoms with E-state index in [0.717, 1.165) is 18.4 Å². The number of methoxy groups -OCH3 is 1. The van der Waals surface area contributed by atoms with Crippen LogP contribution in [0.15, 0.2) is 35.8 Å². The maximum Gasteiger partial charge on any atom is 0.338 e. The monoisotopic (exact) mass is 386 g/mol. The Labute approximate surface area is 164 Å². The highest BCUT2D eigenvalue weighted by Crippen LogP contribution is 2.42. The van der Waals surface area contributed by atoms with Crippen LogP contribution in [-0.4, -0.2) is 41.1 Å². The summed E-state index contributed by atoms with van der Waals surface area (Å²) in [6, 6.07) is 5.06. The molecular formula is C20H26N4O4. The molecule has 0 fully saturated rings. The van der Waals surface area contributed by atoms with E-state index in [4.69, 9.17) is 14.2 Å². The van der Waals surface area contributed by atoms with E-state index in [9.17, 15) is 4.79 Å². The van der Waals surface area contributed by atoms with Crippen LogP contribution in [0.1, 0.15) is 45.2 Å². The molecule has 3 rings (SSSR count). The van der Waals surface area contributed by atoms with Crippen molar-refractivity contribution in [2.45, 2.75) is 39.7 Å². The minimum absolute atomic E-state index is 0.374. The molecule has 1 aliphatic heterocycles. The molecule has 1 unspecified atom stereocenters. The lowest BCUT2D eigenvalue weighted by Crippen LogP contribution is -2.30. The third-order valence-corrected chi connectivity index (χ3v) is 4.56. The molecule has 0 amide bonds. The van der Waals surface area contributed by atoms with Crippen LogP contribution in [0, 0.1) is 0 Å². The van der Waals surface area contributed by atoms with Gasteiger partial charge >= 0.3 is 5.97 Å². The Balaban J connectivity index is 2.12. The summed E-state index contributed by atoms with van der Waals surface area (Å²) in [4.78, 5) is 17.2. The van der Waals surface area contributed by atoms with Gasteiger partial charge in [-0.1, -0.05) is 25.5 Å². The summed E-state index contributed by atoms with van der Waals surface area (Å²) in [6.07, 6.45) is 3.22. The van der Waals surface area contributed by atoms with Gasteiger partial charge in [-0.25, -0.2) is 9.48 Å². The maximum atomic E-state index is 13.0. The Bertz CT molecular complexity index is 875. The van der Waals surface area contributed by atoms with Gasteiger partial charge in [0.1, 0.15) is 12.4 Å². The smallest absolute Gasteiger partial charge is 0.338 e. The van der Waals surface area contributed by atoms with Crippen LogP contribution in [0.3, 0.4) is 0 Å². The molecule has 1 aromatic heterocycles. The zero-order valence-corrected chi connectivity index (χ0v) is 16.7. The number of fused-ring (bicyclic) bond motifs is 1. The fraction of sp³-hybridized carbons (Fsp3) is 0.450.